The van der Waals surface area contributed by atoms with Crippen molar-refractivity contribution >= 4 is 5.91 Å². The van der Waals surface area contributed by atoms with Gasteiger partial charge < -0.3 is 15.8 Å². The lowest BCUT2D eigenvalue weighted by Crippen LogP contribution is -2.36. The molecule has 0 saturated carbocycles. The average Bonchev–Trinajstić information content (AvgIpc) is 2.35. The molecule has 0 aliphatic rings. The van der Waals surface area contributed by atoms with E-state index in [-0.39, 0.29) is 18.5 Å². The summed E-state index contributed by atoms with van der Waals surface area (Å²) in [5, 5.41) is 2.58. The van der Waals surface area contributed by atoms with Crippen molar-refractivity contribution in [3.05, 3.63) is 29.3 Å². The first-order valence-electron chi connectivity index (χ1n) is 6.19. The van der Waals surface area contributed by atoms with Gasteiger partial charge in [0.2, 0.25) is 0 Å². The predicted molar refractivity (Wildman–Crippen MR) is 75.7 cm³/mol. The van der Waals surface area contributed by atoms with E-state index in [1.165, 1.54) is 0 Å². The molecule has 1 aromatic rings. The Labute approximate surface area is 114 Å². The maximum Gasteiger partial charge on any atom is 0.261 e. The summed E-state index contributed by atoms with van der Waals surface area (Å²) in [6, 6.07) is 5.61. The van der Waals surface area contributed by atoms with Crippen LogP contribution in [-0.4, -0.2) is 18.6 Å². The molecule has 1 unspecified atom stereocenters. The molecule has 3 N–H and O–H groups in total. The van der Waals surface area contributed by atoms with Crippen LogP contribution in [0.4, 0.5) is 0 Å². The fourth-order valence-electron chi connectivity index (χ4n) is 1.65. The molecule has 0 fully saturated rings. The van der Waals surface area contributed by atoms with Crippen LogP contribution >= 0.6 is 0 Å². The summed E-state index contributed by atoms with van der Waals surface area (Å²) in [7, 11) is 0. The maximum absolute atomic E-state index is 11.7. The van der Waals surface area contributed by atoms with Crippen LogP contribution < -0.4 is 15.8 Å². The van der Waals surface area contributed by atoms with Crippen molar-refractivity contribution < 1.29 is 9.53 Å². The van der Waals surface area contributed by atoms with Crippen molar-refractivity contribution in [1.29, 1.82) is 0 Å². The number of benzene rings is 1. The second-order valence-corrected chi connectivity index (χ2v) is 4.51. The normalized spacial score (nSPS) is 13.2. The molecule has 0 aliphatic heterocycles. The summed E-state index contributed by atoms with van der Waals surface area (Å²) in [4.78, 5) is 11.7. The summed E-state index contributed by atoms with van der Waals surface area (Å²) < 4.78 is 5.69. The number of hydrogen-bond acceptors (Lipinski definition) is 3. The van der Waals surface area contributed by atoms with Gasteiger partial charge in [0, 0.05) is 11.6 Å². The van der Waals surface area contributed by atoms with Crippen LogP contribution in [0.25, 0.3) is 0 Å². The summed E-state index contributed by atoms with van der Waals surface area (Å²) >= 11 is 0. The maximum atomic E-state index is 11.7. The molecular weight excluding hydrogens is 240 g/mol. The van der Waals surface area contributed by atoms with E-state index in [0.29, 0.717) is 5.75 Å². The second-order valence-electron chi connectivity index (χ2n) is 4.51. The Hall–Kier alpha value is -1.99. The minimum absolute atomic E-state index is 0.156. The van der Waals surface area contributed by atoms with Crippen molar-refractivity contribution in [3.8, 4) is 18.1 Å². The number of nitrogens with two attached hydrogens (primary N) is 1. The lowest BCUT2D eigenvalue weighted by atomic mass is 10.1. The van der Waals surface area contributed by atoms with Crippen molar-refractivity contribution in [2.75, 3.05) is 6.54 Å². The molecule has 0 spiro atoms. The van der Waals surface area contributed by atoms with Crippen LogP contribution in [0.3, 0.4) is 0 Å². The Kier molecular flexibility index (Phi) is 5.40. The molecule has 4 nitrogen and oxygen atoms in total. The summed E-state index contributed by atoms with van der Waals surface area (Å²) in [6.07, 6.45) is 4.47. The molecule has 0 aliphatic carbocycles. The standard InChI is InChI=1S/C15H20N2O2/c1-5-8-17-15(18)12(4)19-14-9-10(2)6-7-13(14)11(3)16/h1,6-7,9,11-12H,8,16H2,2-4H3,(H,17,18)/t11-,12?/m0/s1. The van der Waals surface area contributed by atoms with Gasteiger partial charge in [-0.25, -0.2) is 0 Å². The number of carbonyl (C=O) groups excluding carboxylic acids is 1. The van der Waals surface area contributed by atoms with Gasteiger partial charge in [-0.05, 0) is 32.4 Å². The Morgan fingerprint density at radius 2 is 2.21 bits per heavy atom. The molecule has 2 atom stereocenters. The molecule has 1 amide bonds. The number of amides is 1. The number of terminal acetylenes is 1. The largest absolute Gasteiger partial charge is 0.481 e. The van der Waals surface area contributed by atoms with Gasteiger partial charge in [0.05, 0.1) is 6.54 Å². The Bertz CT molecular complexity index is 489. The highest BCUT2D eigenvalue weighted by Gasteiger charge is 2.17. The van der Waals surface area contributed by atoms with E-state index in [1.54, 1.807) is 6.92 Å². The third-order valence-electron chi connectivity index (χ3n) is 2.70. The van der Waals surface area contributed by atoms with Gasteiger partial charge in [-0.3, -0.25) is 4.79 Å². The molecule has 0 heterocycles. The van der Waals surface area contributed by atoms with Gasteiger partial charge in [0.1, 0.15) is 5.75 Å². The smallest absolute Gasteiger partial charge is 0.261 e. The van der Waals surface area contributed by atoms with Crippen LogP contribution in [0.1, 0.15) is 31.0 Å². The van der Waals surface area contributed by atoms with Crippen LogP contribution in [0.5, 0.6) is 5.75 Å². The summed E-state index contributed by atoms with van der Waals surface area (Å²) in [5.74, 6) is 2.75. The van der Waals surface area contributed by atoms with Gasteiger partial charge in [-0.2, -0.15) is 0 Å². The minimum Gasteiger partial charge on any atom is -0.481 e. The lowest BCUT2D eigenvalue weighted by Gasteiger charge is -2.19. The van der Waals surface area contributed by atoms with Crippen molar-refractivity contribution in [2.24, 2.45) is 5.73 Å². The molecule has 0 aromatic heterocycles. The van der Waals surface area contributed by atoms with Gasteiger partial charge in [-0.1, -0.05) is 18.1 Å². The van der Waals surface area contributed by atoms with Gasteiger partial charge in [0.25, 0.3) is 5.91 Å². The van der Waals surface area contributed by atoms with E-state index < -0.39 is 6.10 Å². The fourth-order valence-corrected chi connectivity index (χ4v) is 1.65. The zero-order chi connectivity index (χ0) is 14.4. The van der Waals surface area contributed by atoms with Gasteiger partial charge in [0.15, 0.2) is 6.10 Å². The average molecular weight is 260 g/mol. The zero-order valence-corrected chi connectivity index (χ0v) is 11.6. The van der Waals surface area contributed by atoms with E-state index in [1.807, 2.05) is 32.0 Å². The molecular formula is C15H20N2O2. The Balaban J connectivity index is 2.84. The number of rotatable bonds is 5. The summed E-state index contributed by atoms with van der Waals surface area (Å²) in [6.45, 7) is 5.71. The molecule has 0 radical (unpaired) electrons. The number of nitrogens with one attached hydrogen (secondary N) is 1. The van der Waals surface area contributed by atoms with Gasteiger partial charge in [-0.15, -0.1) is 6.42 Å². The van der Waals surface area contributed by atoms with E-state index in [4.69, 9.17) is 16.9 Å². The van der Waals surface area contributed by atoms with Crippen molar-refractivity contribution in [3.63, 3.8) is 0 Å². The number of hydrogen-bond donors (Lipinski definition) is 2. The third-order valence-corrected chi connectivity index (χ3v) is 2.70. The predicted octanol–water partition coefficient (Wildman–Crippen LogP) is 1.53. The summed E-state index contributed by atoms with van der Waals surface area (Å²) in [5.41, 5.74) is 7.82. The van der Waals surface area contributed by atoms with E-state index >= 15 is 0 Å². The van der Waals surface area contributed by atoms with Crippen molar-refractivity contribution in [1.82, 2.24) is 5.32 Å². The van der Waals surface area contributed by atoms with Crippen LogP contribution in [-0.2, 0) is 4.79 Å². The van der Waals surface area contributed by atoms with Crippen LogP contribution in [0.2, 0.25) is 0 Å². The molecule has 0 bridgehead atoms. The SMILES string of the molecule is C#CCNC(=O)C(C)Oc1cc(C)ccc1[C@H](C)N. The highest BCUT2D eigenvalue weighted by molar-refractivity contribution is 5.81. The third kappa shape index (κ3) is 4.31. The molecule has 1 rings (SSSR count). The molecule has 4 heteroatoms. The molecule has 102 valence electrons. The van der Waals surface area contributed by atoms with E-state index in [0.717, 1.165) is 11.1 Å². The Morgan fingerprint density at radius 3 is 2.79 bits per heavy atom. The monoisotopic (exact) mass is 260 g/mol. The molecule has 1 aromatic carbocycles. The topological polar surface area (TPSA) is 64.3 Å². The number of carbonyl (C=O) groups is 1. The van der Waals surface area contributed by atoms with E-state index in [9.17, 15) is 4.79 Å². The van der Waals surface area contributed by atoms with Crippen LogP contribution in [0.15, 0.2) is 18.2 Å². The highest BCUT2D eigenvalue weighted by Crippen LogP contribution is 2.26. The number of ether oxygens (including phenoxy) is 1. The minimum atomic E-state index is -0.618. The van der Waals surface area contributed by atoms with Crippen molar-refractivity contribution in [2.45, 2.75) is 32.9 Å². The fraction of sp³-hybridized carbons (Fsp3) is 0.400. The first kappa shape index (κ1) is 15.1. The lowest BCUT2D eigenvalue weighted by molar-refractivity contribution is -0.127. The highest BCUT2D eigenvalue weighted by atomic mass is 16.5. The quantitative estimate of drug-likeness (QED) is 0.789. The zero-order valence-electron chi connectivity index (χ0n) is 11.6. The van der Waals surface area contributed by atoms with Crippen LogP contribution in [0, 0.1) is 19.3 Å². The number of aryl methyl sites for hydroxylation is 1. The second kappa shape index (κ2) is 6.81. The first-order valence-corrected chi connectivity index (χ1v) is 6.19. The Morgan fingerprint density at radius 1 is 1.53 bits per heavy atom. The molecule has 0 saturated heterocycles. The van der Waals surface area contributed by atoms with E-state index in [2.05, 4.69) is 11.2 Å². The van der Waals surface area contributed by atoms with Gasteiger partial charge >= 0.3 is 0 Å². The first-order chi connectivity index (χ1) is 8.95. The molecule has 19 heavy (non-hydrogen) atoms.